The lowest BCUT2D eigenvalue weighted by Crippen LogP contribution is -2.17. The van der Waals surface area contributed by atoms with Crippen LogP contribution in [0.3, 0.4) is 0 Å². The number of hydrogen-bond acceptors (Lipinski definition) is 6. The van der Waals surface area contributed by atoms with E-state index in [4.69, 9.17) is 16.6 Å². The molecule has 1 amide bonds. The van der Waals surface area contributed by atoms with Crippen molar-refractivity contribution in [1.29, 1.82) is 0 Å². The van der Waals surface area contributed by atoms with Gasteiger partial charge in [-0.25, -0.2) is 4.79 Å². The van der Waals surface area contributed by atoms with Crippen LogP contribution in [-0.4, -0.2) is 23.3 Å². The molecule has 0 saturated carbocycles. The first-order valence-electron chi connectivity index (χ1n) is 6.60. The normalized spacial score (nSPS) is 15.8. The Morgan fingerprint density at radius 3 is 2.61 bits per heavy atom. The number of amides is 1. The summed E-state index contributed by atoms with van der Waals surface area (Å²) in [5.74, 6) is 0.584. The molecule has 1 N–H and O–H groups in total. The predicted molar refractivity (Wildman–Crippen MR) is 91.8 cm³/mol. The Labute approximate surface area is 141 Å². The van der Waals surface area contributed by atoms with Crippen LogP contribution < -0.4 is 5.32 Å². The number of ether oxygens (including phenoxy) is 1. The summed E-state index contributed by atoms with van der Waals surface area (Å²) in [4.78, 5) is 23.5. The summed E-state index contributed by atoms with van der Waals surface area (Å²) in [6.07, 6.45) is 1.64. The zero-order valence-corrected chi connectivity index (χ0v) is 13.6. The second-order valence-electron chi connectivity index (χ2n) is 4.62. The minimum absolute atomic E-state index is 0.222. The molecule has 23 heavy (non-hydrogen) atoms. The number of carbonyl (C=O) groups is 2. The molecule has 1 aliphatic rings. The average Bonchev–Trinajstić information content (AvgIpc) is 3.14. The van der Waals surface area contributed by atoms with Crippen LogP contribution in [0.1, 0.15) is 16.1 Å². The molecule has 2 aromatic rings. The lowest BCUT2D eigenvalue weighted by Gasteiger charge is -2.00. The number of benzene rings is 1. The van der Waals surface area contributed by atoms with E-state index in [9.17, 15) is 9.59 Å². The average molecular weight is 345 g/mol. The van der Waals surface area contributed by atoms with Gasteiger partial charge < -0.3 is 14.5 Å². The molecular formula is C16H11NO4S2. The quantitative estimate of drug-likeness (QED) is 0.523. The highest BCUT2D eigenvalue weighted by atomic mass is 32.2. The van der Waals surface area contributed by atoms with Crippen molar-refractivity contribution in [3.63, 3.8) is 0 Å². The lowest BCUT2D eigenvalue weighted by atomic mass is 10.1. The van der Waals surface area contributed by atoms with Crippen LogP contribution in [-0.2, 0) is 9.53 Å². The van der Waals surface area contributed by atoms with Crippen molar-refractivity contribution in [3.05, 3.63) is 52.6 Å². The Hall–Kier alpha value is -2.38. The highest BCUT2D eigenvalue weighted by Crippen LogP contribution is 2.28. The van der Waals surface area contributed by atoms with Gasteiger partial charge in [-0.3, -0.25) is 4.79 Å². The molecule has 1 aromatic carbocycles. The molecule has 7 heteroatoms. The Morgan fingerprint density at radius 2 is 2.00 bits per heavy atom. The van der Waals surface area contributed by atoms with Gasteiger partial charge >= 0.3 is 5.97 Å². The number of carbonyl (C=O) groups excluding carboxylic acids is 2. The predicted octanol–water partition coefficient (Wildman–Crippen LogP) is 3.22. The van der Waals surface area contributed by atoms with Gasteiger partial charge in [0.2, 0.25) is 0 Å². The van der Waals surface area contributed by atoms with E-state index in [0.717, 1.165) is 5.56 Å². The van der Waals surface area contributed by atoms with Crippen LogP contribution in [0.15, 0.2) is 45.7 Å². The molecule has 2 heterocycles. The molecule has 0 spiro atoms. The number of esters is 1. The SMILES string of the molecule is COC(=O)c1ccc(-c2ccc(/C=C3\SC(=S)NC3=O)o2)cc1. The lowest BCUT2D eigenvalue weighted by molar-refractivity contribution is -0.115. The van der Waals surface area contributed by atoms with Gasteiger partial charge in [-0.2, -0.15) is 0 Å². The van der Waals surface area contributed by atoms with E-state index >= 15 is 0 Å². The summed E-state index contributed by atoms with van der Waals surface area (Å²) in [5, 5.41) is 2.55. The Bertz CT molecular complexity index is 821. The highest BCUT2D eigenvalue weighted by Gasteiger charge is 2.22. The number of thiocarbonyl (C=S) groups is 1. The van der Waals surface area contributed by atoms with Gasteiger partial charge in [0, 0.05) is 11.6 Å². The molecule has 0 bridgehead atoms. The number of thioether (sulfide) groups is 1. The topological polar surface area (TPSA) is 68.5 Å². The maximum absolute atomic E-state index is 11.6. The van der Waals surface area contributed by atoms with E-state index in [1.54, 1.807) is 42.5 Å². The van der Waals surface area contributed by atoms with Crippen molar-refractivity contribution in [2.24, 2.45) is 0 Å². The van der Waals surface area contributed by atoms with Crippen LogP contribution >= 0.6 is 24.0 Å². The van der Waals surface area contributed by atoms with Crippen molar-refractivity contribution >= 4 is 46.3 Å². The fraction of sp³-hybridized carbons (Fsp3) is 0.0625. The van der Waals surface area contributed by atoms with Crippen LogP contribution in [0.2, 0.25) is 0 Å². The molecule has 3 rings (SSSR count). The summed E-state index contributed by atoms with van der Waals surface area (Å²) in [5.41, 5.74) is 1.29. The molecule has 1 aliphatic heterocycles. The van der Waals surface area contributed by atoms with E-state index in [-0.39, 0.29) is 11.9 Å². The molecule has 116 valence electrons. The van der Waals surface area contributed by atoms with Gasteiger partial charge in [-0.15, -0.1) is 0 Å². The van der Waals surface area contributed by atoms with Crippen LogP contribution in [0, 0.1) is 0 Å². The smallest absolute Gasteiger partial charge is 0.337 e. The van der Waals surface area contributed by atoms with Crippen LogP contribution in [0.5, 0.6) is 0 Å². The number of nitrogens with one attached hydrogen (secondary N) is 1. The number of furan rings is 1. The summed E-state index contributed by atoms with van der Waals surface area (Å²) in [6.45, 7) is 0. The molecule has 0 aliphatic carbocycles. The summed E-state index contributed by atoms with van der Waals surface area (Å²) >= 11 is 6.14. The first-order valence-corrected chi connectivity index (χ1v) is 7.83. The first-order chi connectivity index (χ1) is 11.1. The van der Waals surface area contributed by atoms with Crippen LogP contribution in [0.25, 0.3) is 17.4 Å². The standard InChI is InChI=1S/C16H11NO4S2/c1-20-15(19)10-4-2-9(3-5-10)12-7-6-11(21-12)8-13-14(18)17-16(22)23-13/h2-8H,1H3,(H,17,18,22)/b13-8-. The molecule has 0 radical (unpaired) electrons. The van der Waals surface area contributed by atoms with Gasteiger partial charge in [0.1, 0.15) is 15.8 Å². The van der Waals surface area contributed by atoms with E-state index in [1.807, 2.05) is 0 Å². The van der Waals surface area contributed by atoms with Crippen molar-refractivity contribution in [2.75, 3.05) is 7.11 Å². The summed E-state index contributed by atoms with van der Waals surface area (Å²) in [6, 6.07) is 10.4. The van der Waals surface area contributed by atoms with Crippen molar-refractivity contribution in [3.8, 4) is 11.3 Å². The van der Waals surface area contributed by atoms with Crippen LogP contribution in [0.4, 0.5) is 0 Å². The van der Waals surface area contributed by atoms with Gasteiger partial charge in [0.25, 0.3) is 5.91 Å². The minimum atomic E-state index is -0.387. The second-order valence-corrected chi connectivity index (χ2v) is 6.34. The summed E-state index contributed by atoms with van der Waals surface area (Å²) in [7, 11) is 1.34. The second kappa shape index (κ2) is 6.39. The largest absolute Gasteiger partial charge is 0.465 e. The van der Waals surface area contributed by atoms with Gasteiger partial charge in [0.05, 0.1) is 17.6 Å². The van der Waals surface area contributed by atoms with Crippen molar-refractivity contribution < 1.29 is 18.7 Å². The Kier molecular flexibility index (Phi) is 4.31. The molecular weight excluding hydrogens is 334 g/mol. The van der Waals surface area contributed by atoms with E-state index in [2.05, 4.69) is 10.1 Å². The summed E-state index contributed by atoms with van der Waals surface area (Å²) < 4.78 is 10.8. The fourth-order valence-corrected chi connectivity index (χ4v) is 3.05. The molecule has 1 fully saturated rings. The zero-order valence-electron chi connectivity index (χ0n) is 12.0. The zero-order chi connectivity index (χ0) is 16.4. The van der Waals surface area contributed by atoms with Crippen molar-refractivity contribution in [2.45, 2.75) is 0 Å². The van der Waals surface area contributed by atoms with Gasteiger partial charge in [-0.1, -0.05) is 36.1 Å². The van der Waals surface area contributed by atoms with E-state index in [1.165, 1.54) is 18.9 Å². The molecule has 1 aromatic heterocycles. The third-order valence-electron chi connectivity index (χ3n) is 3.13. The molecule has 5 nitrogen and oxygen atoms in total. The molecule has 1 saturated heterocycles. The van der Waals surface area contributed by atoms with E-state index < -0.39 is 0 Å². The maximum Gasteiger partial charge on any atom is 0.337 e. The monoisotopic (exact) mass is 345 g/mol. The fourth-order valence-electron chi connectivity index (χ4n) is 2.02. The minimum Gasteiger partial charge on any atom is -0.465 e. The third kappa shape index (κ3) is 3.35. The number of rotatable bonds is 3. The highest BCUT2D eigenvalue weighted by molar-refractivity contribution is 8.26. The molecule has 0 unspecified atom stereocenters. The Balaban J connectivity index is 1.82. The Morgan fingerprint density at radius 1 is 1.26 bits per heavy atom. The van der Waals surface area contributed by atoms with Crippen molar-refractivity contribution in [1.82, 2.24) is 5.32 Å². The number of hydrogen-bond donors (Lipinski definition) is 1. The first kappa shape index (κ1) is 15.5. The number of methoxy groups -OCH3 is 1. The van der Waals surface area contributed by atoms with E-state index in [0.29, 0.717) is 26.3 Å². The maximum atomic E-state index is 11.6. The van der Waals surface area contributed by atoms with Gasteiger partial charge in [-0.05, 0) is 24.3 Å². The molecule has 0 atom stereocenters. The third-order valence-corrected chi connectivity index (χ3v) is 4.30. The van der Waals surface area contributed by atoms with Gasteiger partial charge in [0.15, 0.2) is 0 Å².